The van der Waals surface area contributed by atoms with E-state index < -0.39 is 18.5 Å². The summed E-state index contributed by atoms with van der Waals surface area (Å²) in [4.78, 5) is 17.2. The van der Waals surface area contributed by atoms with Crippen molar-refractivity contribution in [3.8, 4) is 5.75 Å². The summed E-state index contributed by atoms with van der Waals surface area (Å²) in [6, 6.07) is 3.25. The summed E-state index contributed by atoms with van der Waals surface area (Å²) in [5.41, 5.74) is 6.06. The number of aliphatic imine (C=N–C) groups is 1. The number of halogens is 2. The molecule has 0 aromatic heterocycles. The van der Waals surface area contributed by atoms with Crippen LogP contribution >= 0.6 is 0 Å². The van der Waals surface area contributed by atoms with Crippen molar-refractivity contribution in [1.29, 1.82) is 0 Å². The van der Waals surface area contributed by atoms with Gasteiger partial charge in [-0.3, -0.25) is 14.1 Å². The van der Waals surface area contributed by atoms with Crippen LogP contribution in [-0.4, -0.2) is 37.1 Å². The third-order valence-corrected chi connectivity index (χ3v) is 2.98. The van der Waals surface area contributed by atoms with E-state index in [4.69, 9.17) is 10.5 Å². The van der Waals surface area contributed by atoms with Gasteiger partial charge in [0.1, 0.15) is 0 Å². The van der Waals surface area contributed by atoms with Crippen molar-refractivity contribution in [1.82, 2.24) is 4.90 Å². The predicted octanol–water partition coefficient (Wildman–Crippen LogP) is 1.39. The Morgan fingerprint density at radius 3 is 2.85 bits per heavy atom. The summed E-state index contributed by atoms with van der Waals surface area (Å²) in [5, 5.41) is 0. The van der Waals surface area contributed by atoms with E-state index in [0.717, 1.165) is 0 Å². The molecule has 0 aliphatic carbocycles. The lowest BCUT2D eigenvalue weighted by atomic mass is 10.1. The zero-order valence-electron chi connectivity index (χ0n) is 11.0. The van der Waals surface area contributed by atoms with Crippen LogP contribution in [0.2, 0.25) is 0 Å². The number of guanidine groups is 1. The van der Waals surface area contributed by atoms with E-state index in [-0.39, 0.29) is 30.6 Å². The van der Waals surface area contributed by atoms with Gasteiger partial charge in [-0.15, -0.1) is 0 Å². The molecule has 1 aliphatic heterocycles. The van der Waals surface area contributed by atoms with Gasteiger partial charge < -0.3 is 10.5 Å². The van der Waals surface area contributed by atoms with E-state index in [9.17, 15) is 13.6 Å². The zero-order valence-corrected chi connectivity index (χ0v) is 11.0. The first-order valence-electron chi connectivity index (χ1n) is 6.13. The molecule has 0 unspecified atom stereocenters. The van der Waals surface area contributed by atoms with Crippen LogP contribution < -0.4 is 10.5 Å². The molecule has 0 radical (unpaired) electrons. The molecule has 2 rings (SSSR count). The second-order valence-corrected chi connectivity index (χ2v) is 4.37. The first kappa shape index (κ1) is 14.2. The van der Waals surface area contributed by atoms with Crippen LogP contribution in [0.4, 0.5) is 8.78 Å². The highest BCUT2D eigenvalue weighted by atomic mass is 19.1. The number of nitrogens with two attached hydrogens (primary N) is 1. The first-order chi connectivity index (χ1) is 9.54. The largest absolute Gasteiger partial charge is 0.490 e. The van der Waals surface area contributed by atoms with Gasteiger partial charge in [0.15, 0.2) is 23.6 Å². The molecule has 0 saturated carbocycles. The quantitative estimate of drug-likeness (QED) is 0.830. The van der Waals surface area contributed by atoms with Gasteiger partial charge in [-0.1, -0.05) is 6.07 Å². The van der Waals surface area contributed by atoms with E-state index in [1.807, 2.05) is 0 Å². The Balaban J connectivity index is 2.21. The van der Waals surface area contributed by atoms with Crippen LogP contribution in [0.5, 0.6) is 5.75 Å². The second-order valence-electron chi connectivity index (χ2n) is 4.37. The summed E-state index contributed by atoms with van der Waals surface area (Å²) >= 11 is 0. The van der Waals surface area contributed by atoms with Crippen molar-refractivity contribution in [2.75, 3.05) is 20.3 Å². The van der Waals surface area contributed by atoms with Crippen LogP contribution in [-0.2, 0) is 4.79 Å². The third kappa shape index (κ3) is 2.71. The van der Waals surface area contributed by atoms with E-state index in [0.29, 0.717) is 5.56 Å². The molecule has 1 atom stereocenters. The molecule has 1 amide bonds. The first-order valence-corrected chi connectivity index (χ1v) is 6.13. The van der Waals surface area contributed by atoms with E-state index in [1.54, 1.807) is 0 Å². The minimum atomic E-state index is -0.788. The standard InChI is InChI=1S/C13H15F2N3O2/c1-18-12(19)11(17-13(18)16)8-3-4-9(15)10(7-8)20-6-2-5-14/h3-4,7,11H,2,5-6H2,1H3,(H2,16,17)/t11-/m1/s1. The second kappa shape index (κ2) is 5.85. The summed E-state index contributed by atoms with van der Waals surface area (Å²) in [7, 11) is 1.52. The summed E-state index contributed by atoms with van der Waals surface area (Å²) < 4.78 is 30.7. The smallest absolute Gasteiger partial charge is 0.258 e. The fourth-order valence-electron chi connectivity index (χ4n) is 1.82. The summed E-state index contributed by atoms with van der Waals surface area (Å²) in [5.74, 6) is -0.761. The molecule has 0 bridgehead atoms. The number of carbonyl (C=O) groups excluding carboxylic acids is 1. The number of likely N-dealkylation sites (N-methyl/N-ethyl adjacent to an activating group) is 1. The molecule has 7 heteroatoms. The Morgan fingerprint density at radius 2 is 2.25 bits per heavy atom. The maximum absolute atomic E-state index is 13.6. The fraction of sp³-hybridized carbons (Fsp3) is 0.385. The van der Waals surface area contributed by atoms with Gasteiger partial charge >= 0.3 is 0 Å². The van der Waals surface area contributed by atoms with E-state index in [2.05, 4.69) is 4.99 Å². The van der Waals surface area contributed by atoms with Gasteiger partial charge in [-0.05, 0) is 17.7 Å². The number of ether oxygens (including phenoxy) is 1. The minimum absolute atomic E-state index is 0.0212. The highest BCUT2D eigenvalue weighted by molar-refractivity contribution is 6.04. The van der Waals surface area contributed by atoms with Crippen molar-refractivity contribution in [3.63, 3.8) is 0 Å². The lowest BCUT2D eigenvalue weighted by Crippen LogP contribution is -2.34. The summed E-state index contributed by atoms with van der Waals surface area (Å²) in [6.45, 7) is -0.463. The Morgan fingerprint density at radius 1 is 1.50 bits per heavy atom. The molecule has 0 spiro atoms. The molecule has 0 saturated heterocycles. The van der Waals surface area contributed by atoms with Crippen LogP contribution in [0.3, 0.4) is 0 Å². The summed E-state index contributed by atoms with van der Waals surface area (Å²) in [6.07, 6.45) is 0.180. The number of alkyl halides is 1. The molecule has 5 nitrogen and oxygen atoms in total. The third-order valence-electron chi connectivity index (χ3n) is 2.98. The predicted molar refractivity (Wildman–Crippen MR) is 69.6 cm³/mol. The van der Waals surface area contributed by atoms with Crippen LogP contribution in [0, 0.1) is 5.82 Å². The van der Waals surface area contributed by atoms with Gasteiger partial charge in [0.25, 0.3) is 5.91 Å². The molecule has 1 heterocycles. The molecular weight excluding hydrogens is 268 g/mol. The molecule has 0 fully saturated rings. The number of nitrogens with zero attached hydrogens (tertiary/aromatic N) is 2. The molecular formula is C13H15F2N3O2. The molecule has 20 heavy (non-hydrogen) atoms. The Kier molecular flexibility index (Phi) is 4.16. The van der Waals surface area contributed by atoms with Crippen molar-refractivity contribution >= 4 is 11.9 Å². The Labute approximate surface area is 115 Å². The lowest BCUT2D eigenvalue weighted by Gasteiger charge is -2.12. The lowest BCUT2D eigenvalue weighted by molar-refractivity contribution is -0.126. The number of benzene rings is 1. The van der Waals surface area contributed by atoms with E-state index in [1.165, 1.54) is 30.1 Å². The zero-order chi connectivity index (χ0) is 14.7. The number of carbonyl (C=O) groups is 1. The number of amides is 1. The molecule has 1 aromatic rings. The van der Waals surface area contributed by atoms with Crippen LogP contribution in [0.25, 0.3) is 0 Å². The van der Waals surface area contributed by atoms with Crippen molar-refractivity contribution in [2.24, 2.45) is 10.7 Å². The number of hydrogen-bond donors (Lipinski definition) is 1. The fourth-order valence-corrected chi connectivity index (χ4v) is 1.82. The van der Waals surface area contributed by atoms with Gasteiger partial charge in [-0.2, -0.15) is 0 Å². The van der Waals surface area contributed by atoms with Gasteiger partial charge in [0, 0.05) is 13.5 Å². The van der Waals surface area contributed by atoms with Gasteiger partial charge in [0.2, 0.25) is 0 Å². The van der Waals surface area contributed by atoms with E-state index >= 15 is 0 Å². The average molecular weight is 283 g/mol. The maximum Gasteiger partial charge on any atom is 0.258 e. The monoisotopic (exact) mass is 283 g/mol. The normalized spacial score (nSPS) is 18.4. The molecule has 2 N–H and O–H groups in total. The maximum atomic E-state index is 13.6. The number of rotatable bonds is 5. The average Bonchev–Trinajstić information content (AvgIpc) is 2.69. The Hall–Kier alpha value is -2.18. The molecule has 1 aliphatic rings. The highest BCUT2D eigenvalue weighted by Gasteiger charge is 2.32. The van der Waals surface area contributed by atoms with Crippen molar-refractivity contribution in [3.05, 3.63) is 29.6 Å². The number of hydrogen-bond acceptors (Lipinski definition) is 4. The van der Waals surface area contributed by atoms with Crippen molar-refractivity contribution < 1.29 is 18.3 Å². The topological polar surface area (TPSA) is 67.9 Å². The Bertz CT molecular complexity index is 548. The molecule has 108 valence electrons. The van der Waals surface area contributed by atoms with Crippen molar-refractivity contribution in [2.45, 2.75) is 12.5 Å². The van der Waals surface area contributed by atoms with Crippen LogP contribution in [0.15, 0.2) is 23.2 Å². The minimum Gasteiger partial charge on any atom is -0.490 e. The SMILES string of the molecule is CN1C(=O)[C@@H](c2ccc(F)c(OCCCF)c2)N=C1N. The highest BCUT2D eigenvalue weighted by Crippen LogP contribution is 2.29. The van der Waals surface area contributed by atoms with Gasteiger partial charge in [0.05, 0.1) is 13.3 Å². The molecule has 1 aromatic carbocycles. The van der Waals surface area contributed by atoms with Crippen LogP contribution in [0.1, 0.15) is 18.0 Å². The van der Waals surface area contributed by atoms with Gasteiger partial charge in [-0.25, -0.2) is 9.38 Å².